The quantitative estimate of drug-likeness (QED) is 0.903. The molecule has 0 saturated carbocycles. The molecule has 0 spiro atoms. The van der Waals surface area contributed by atoms with Gasteiger partial charge in [0.05, 0.1) is 25.0 Å². The van der Waals surface area contributed by atoms with Gasteiger partial charge < -0.3 is 10.0 Å². The minimum atomic E-state index is -0.957. The van der Waals surface area contributed by atoms with Gasteiger partial charge in [-0.1, -0.05) is 12.1 Å². The number of hydrogen-bond donors (Lipinski definition) is 1. The smallest absolute Gasteiger partial charge is 0.140 e. The van der Waals surface area contributed by atoms with Gasteiger partial charge >= 0.3 is 0 Å². The molecule has 2 heterocycles. The Balaban J connectivity index is 1.73. The van der Waals surface area contributed by atoms with Gasteiger partial charge in [0.15, 0.2) is 0 Å². The summed E-state index contributed by atoms with van der Waals surface area (Å²) in [5.74, 6) is -0.315. The van der Waals surface area contributed by atoms with Gasteiger partial charge in [0.1, 0.15) is 23.2 Å². The van der Waals surface area contributed by atoms with E-state index in [0.717, 1.165) is 5.69 Å². The van der Waals surface area contributed by atoms with Crippen LogP contribution < -0.4 is 4.90 Å². The molecular weight excluding hydrogens is 257 g/mol. The Labute approximate surface area is 115 Å². The van der Waals surface area contributed by atoms with Crippen molar-refractivity contribution in [1.82, 2.24) is 4.98 Å². The van der Waals surface area contributed by atoms with E-state index in [0.29, 0.717) is 24.3 Å². The lowest BCUT2D eigenvalue weighted by atomic mass is 9.86. The SMILES string of the molecule is N#Cc1ccc(N2CC(O)(c3ccc(F)cc3)C2)cn1. The molecule has 0 radical (unpaired) electrons. The number of hydrogen-bond acceptors (Lipinski definition) is 4. The third-order valence-corrected chi connectivity index (χ3v) is 3.51. The van der Waals surface area contributed by atoms with Gasteiger partial charge in [-0.2, -0.15) is 5.26 Å². The Bertz CT molecular complexity index is 655. The lowest BCUT2D eigenvalue weighted by molar-refractivity contribution is 0.00746. The number of anilines is 1. The van der Waals surface area contributed by atoms with E-state index in [4.69, 9.17) is 5.26 Å². The summed E-state index contributed by atoms with van der Waals surface area (Å²) in [6.45, 7) is 0.846. The van der Waals surface area contributed by atoms with Crippen molar-refractivity contribution in [3.05, 3.63) is 59.7 Å². The zero-order valence-corrected chi connectivity index (χ0v) is 10.6. The monoisotopic (exact) mass is 269 g/mol. The van der Waals surface area contributed by atoms with E-state index in [1.54, 1.807) is 30.5 Å². The summed E-state index contributed by atoms with van der Waals surface area (Å²) in [4.78, 5) is 5.95. The molecule has 1 aliphatic heterocycles. The van der Waals surface area contributed by atoms with Crippen molar-refractivity contribution in [2.75, 3.05) is 18.0 Å². The third kappa shape index (κ3) is 2.10. The van der Waals surface area contributed by atoms with Gasteiger partial charge in [-0.05, 0) is 29.8 Å². The van der Waals surface area contributed by atoms with Crippen LogP contribution in [0.5, 0.6) is 0 Å². The maximum absolute atomic E-state index is 12.9. The van der Waals surface area contributed by atoms with Crippen molar-refractivity contribution in [2.24, 2.45) is 0 Å². The molecular formula is C15H12FN3O. The van der Waals surface area contributed by atoms with E-state index in [9.17, 15) is 9.50 Å². The number of β-amino-alcohol motifs (C(OH)–C–C–N with tert-alkyl or cyclic N) is 1. The van der Waals surface area contributed by atoms with Gasteiger partial charge in [0.25, 0.3) is 0 Å². The second-order valence-corrected chi connectivity index (χ2v) is 4.91. The fourth-order valence-electron chi connectivity index (χ4n) is 2.35. The van der Waals surface area contributed by atoms with E-state index in [1.807, 2.05) is 11.0 Å². The molecule has 1 aromatic heterocycles. The highest BCUT2D eigenvalue weighted by molar-refractivity contribution is 5.51. The van der Waals surface area contributed by atoms with Crippen LogP contribution in [0.2, 0.25) is 0 Å². The van der Waals surface area contributed by atoms with Crippen molar-refractivity contribution in [3.63, 3.8) is 0 Å². The highest BCUT2D eigenvalue weighted by atomic mass is 19.1. The Morgan fingerprint density at radius 3 is 2.45 bits per heavy atom. The maximum atomic E-state index is 12.9. The zero-order valence-electron chi connectivity index (χ0n) is 10.6. The standard InChI is InChI=1S/C15H12FN3O/c16-12-3-1-11(2-4-12)15(20)9-19(10-15)14-6-5-13(7-17)18-8-14/h1-6,8,20H,9-10H2. The fourth-order valence-corrected chi connectivity index (χ4v) is 2.35. The largest absolute Gasteiger partial charge is 0.381 e. The Kier molecular flexibility index (Phi) is 2.88. The van der Waals surface area contributed by atoms with Crippen LogP contribution in [0.3, 0.4) is 0 Å². The molecule has 0 amide bonds. The van der Waals surface area contributed by atoms with Gasteiger partial charge in [0, 0.05) is 0 Å². The van der Waals surface area contributed by atoms with Crippen molar-refractivity contribution >= 4 is 5.69 Å². The maximum Gasteiger partial charge on any atom is 0.140 e. The number of aliphatic hydroxyl groups is 1. The lowest BCUT2D eigenvalue weighted by Gasteiger charge is -2.48. The van der Waals surface area contributed by atoms with Gasteiger partial charge in [-0.3, -0.25) is 0 Å². The predicted octanol–water partition coefficient (Wildman–Crippen LogP) is 1.80. The Hall–Kier alpha value is -2.45. The van der Waals surface area contributed by atoms with Crippen LogP contribution in [0.1, 0.15) is 11.3 Å². The van der Waals surface area contributed by atoms with Crippen molar-refractivity contribution < 1.29 is 9.50 Å². The number of nitriles is 1. The molecule has 4 nitrogen and oxygen atoms in total. The first-order chi connectivity index (χ1) is 9.60. The van der Waals surface area contributed by atoms with Gasteiger partial charge in [0.2, 0.25) is 0 Å². The van der Waals surface area contributed by atoms with E-state index in [-0.39, 0.29) is 5.82 Å². The van der Waals surface area contributed by atoms with Crippen LogP contribution >= 0.6 is 0 Å². The Morgan fingerprint density at radius 2 is 1.90 bits per heavy atom. The van der Waals surface area contributed by atoms with E-state index < -0.39 is 5.60 Å². The second-order valence-electron chi connectivity index (χ2n) is 4.91. The van der Waals surface area contributed by atoms with E-state index in [1.165, 1.54) is 12.1 Å². The molecule has 100 valence electrons. The fraction of sp³-hybridized carbons (Fsp3) is 0.200. The minimum absolute atomic E-state index is 0.315. The molecule has 0 bridgehead atoms. The number of halogens is 1. The summed E-state index contributed by atoms with van der Waals surface area (Å²) in [7, 11) is 0. The number of benzene rings is 1. The van der Waals surface area contributed by atoms with Crippen LogP contribution in [0, 0.1) is 17.1 Å². The van der Waals surface area contributed by atoms with Crippen molar-refractivity contribution in [2.45, 2.75) is 5.60 Å². The lowest BCUT2D eigenvalue weighted by Crippen LogP contribution is -2.59. The highest BCUT2D eigenvalue weighted by Gasteiger charge is 2.42. The first-order valence-corrected chi connectivity index (χ1v) is 6.20. The topological polar surface area (TPSA) is 60.2 Å². The number of rotatable bonds is 2. The van der Waals surface area contributed by atoms with Crippen LogP contribution in [0.25, 0.3) is 0 Å². The number of aromatic nitrogens is 1. The van der Waals surface area contributed by atoms with Crippen LogP contribution in [0.15, 0.2) is 42.6 Å². The van der Waals surface area contributed by atoms with Gasteiger partial charge in [-0.15, -0.1) is 0 Å². The minimum Gasteiger partial charge on any atom is -0.381 e. The first-order valence-electron chi connectivity index (χ1n) is 6.20. The Morgan fingerprint density at radius 1 is 1.20 bits per heavy atom. The average molecular weight is 269 g/mol. The molecule has 2 aromatic rings. The normalized spacial score (nSPS) is 16.4. The number of nitrogens with zero attached hydrogens (tertiary/aromatic N) is 3. The molecule has 0 atom stereocenters. The summed E-state index contributed by atoms with van der Waals surface area (Å²) in [6.07, 6.45) is 1.61. The predicted molar refractivity (Wildman–Crippen MR) is 71.5 cm³/mol. The van der Waals surface area contributed by atoms with Crippen molar-refractivity contribution in [3.8, 4) is 6.07 Å². The van der Waals surface area contributed by atoms with Crippen LogP contribution in [0.4, 0.5) is 10.1 Å². The van der Waals surface area contributed by atoms with Crippen molar-refractivity contribution in [1.29, 1.82) is 5.26 Å². The second kappa shape index (κ2) is 4.58. The molecule has 1 saturated heterocycles. The zero-order chi connectivity index (χ0) is 14.2. The molecule has 20 heavy (non-hydrogen) atoms. The summed E-state index contributed by atoms with van der Waals surface area (Å²) in [6, 6.07) is 11.3. The molecule has 1 aliphatic rings. The average Bonchev–Trinajstić information content (AvgIpc) is 2.45. The van der Waals surface area contributed by atoms with Gasteiger partial charge in [-0.25, -0.2) is 9.37 Å². The summed E-state index contributed by atoms with van der Waals surface area (Å²) in [5, 5.41) is 19.2. The van der Waals surface area contributed by atoms with Crippen LogP contribution in [-0.2, 0) is 5.60 Å². The number of pyridine rings is 1. The molecule has 0 unspecified atom stereocenters. The molecule has 5 heteroatoms. The van der Waals surface area contributed by atoms with E-state index >= 15 is 0 Å². The summed E-state index contributed by atoms with van der Waals surface area (Å²) in [5.41, 5.74) is 0.970. The molecule has 1 fully saturated rings. The van der Waals surface area contributed by atoms with E-state index in [2.05, 4.69) is 4.98 Å². The molecule has 0 aliphatic carbocycles. The summed E-state index contributed by atoms with van der Waals surface area (Å²) < 4.78 is 12.9. The molecule has 1 aromatic carbocycles. The molecule has 1 N–H and O–H groups in total. The third-order valence-electron chi connectivity index (χ3n) is 3.51. The first kappa shape index (κ1) is 12.6. The highest BCUT2D eigenvalue weighted by Crippen LogP contribution is 2.35. The summed E-state index contributed by atoms with van der Waals surface area (Å²) >= 11 is 0. The molecule has 3 rings (SSSR count). The van der Waals surface area contributed by atoms with Crippen LogP contribution in [-0.4, -0.2) is 23.2 Å².